The van der Waals surface area contributed by atoms with Crippen molar-refractivity contribution in [2.24, 2.45) is 4.99 Å². The Bertz CT molecular complexity index is 560. The van der Waals surface area contributed by atoms with E-state index in [9.17, 15) is 0 Å². The lowest BCUT2D eigenvalue weighted by molar-refractivity contribution is 1.48. The summed E-state index contributed by atoms with van der Waals surface area (Å²) in [7, 11) is 0. The van der Waals surface area contributed by atoms with Crippen LogP contribution in [0.3, 0.4) is 0 Å². The molecule has 0 spiro atoms. The number of nitriles is 1. The molecule has 1 aromatic rings. The number of halogens is 1. The Morgan fingerprint density at radius 2 is 2.28 bits per heavy atom. The Morgan fingerprint density at radius 3 is 2.83 bits per heavy atom. The molecular weight excluding hydrogens is 244 g/mol. The molecule has 0 radical (unpaired) electrons. The minimum Gasteiger partial charge on any atom is -0.265 e. The lowest BCUT2D eigenvalue weighted by atomic mass is 10.0. The molecule has 0 unspecified atom stereocenters. The highest BCUT2D eigenvalue weighted by molar-refractivity contribution is 6.31. The molecule has 0 aliphatic rings. The zero-order valence-corrected chi connectivity index (χ0v) is 10.9. The Morgan fingerprint density at radius 1 is 1.50 bits per heavy atom. The normalized spacial score (nSPS) is 12.5. The summed E-state index contributed by atoms with van der Waals surface area (Å²) in [6.45, 7) is 5.35. The van der Waals surface area contributed by atoms with E-state index in [1.165, 1.54) is 6.20 Å². The zero-order chi connectivity index (χ0) is 13.4. The van der Waals surface area contributed by atoms with E-state index in [1.807, 2.05) is 25.1 Å². The second kappa shape index (κ2) is 7.26. The summed E-state index contributed by atoms with van der Waals surface area (Å²) in [5.41, 5.74) is 2.29. The SMILES string of the molecule is C=C\N=C/C(=C\C(C#N)=C\C)c1cccc(Cl)c1. The first kappa shape index (κ1) is 14.0. The zero-order valence-electron chi connectivity index (χ0n) is 10.1. The molecule has 0 bridgehead atoms. The maximum absolute atomic E-state index is 8.95. The van der Waals surface area contributed by atoms with Crippen LogP contribution in [0.1, 0.15) is 12.5 Å². The van der Waals surface area contributed by atoms with Crippen LogP contribution in [0.5, 0.6) is 0 Å². The number of allylic oxidation sites excluding steroid dienone is 4. The van der Waals surface area contributed by atoms with Gasteiger partial charge < -0.3 is 0 Å². The Kier molecular flexibility index (Phi) is 5.63. The highest BCUT2D eigenvalue weighted by Crippen LogP contribution is 2.19. The highest BCUT2D eigenvalue weighted by atomic mass is 35.5. The number of aliphatic imine (C=N–C) groups is 1. The second-order valence-electron chi connectivity index (χ2n) is 3.43. The van der Waals surface area contributed by atoms with Crippen molar-refractivity contribution in [1.29, 1.82) is 5.26 Å². The number of benzene rings is 1. The molecule has 0 aliphatic heterocycles. The van der Waals surface area contributed by atoms with Gasteiger partial charge in [-0.05, 0) is 30.7 Å². The van der Waals surface area contributed by atoms with Gasteiger partial charge in [-0.3, -0.25) is 4.99 Å². The average molecular weight is 257 g/mol. The lowest BCUT2D eigenvalue weighted by Crippen LogP contribution is -1.87. The molecule has 0 saturated heterocycles. The molecule has 0 aliphatic carbocycles. The first-order valence-electron chi connectivity index (χ1n) is 5.39. The lowest BCUT2D eigenvalue weighted by Gasteiger charge is -2.02. The van der Waals surface area contributed by atoms with Crippen LogP contribution in [-0.2, 0) is 0 Å². The van der Waals surface area contributed by atoms with Crippen LogP contribution >= 0.6 is 11.6 Å². The third-order valence-corrected chi connectivity index (χ3v) is 2.46. The third-order valence-electron chi connectivity index (χ3n) is 2.23. The first-order chi connectivity index (χ1) is 8.71. The number of hydrogen-bond donors (Lipinski definition) is 0. The maximum Gasteiger partial charge on any atom is 0.0988 e. The van der Waals surface area contributed by atoms with Crippen LogP contribution in [-0.4, -0.2) is 6.21 Å². The summed E-state index contributed by atoms with van der Waals surface area (Å²) < 4.78 is 0. The standard InChI is InChI=1S/C15H13ClN2/c1-3-12(10-17)8-14(11-18-4-2)13-6-5-7-15(16)9-13/h3-9,11H,2H2,1H3/b12-3-,14-8+,18-11-. The van der Waals surface area contributed by atoms with Crippen molar-refractivity contribution in [3.05, 3.63) is 65.4 Å². The van der Waals surface area contributed by atoms with E-state index < -0.39 is 0 Å². The minimum atomic E-state index is 0.570. The molecule has 3 heteroatoms. The number of rotatable bonds is 4. The van der Waals surface area contributed by atoms with Gasteiger partial charge in [-0.2, -0.15) is 5.26 Å². The van der Waals surface area contributed by atoms with E-state index in [-0.39, 0.29) is 0 Å². The summed E-state index contributed by atoms with van der Waals surface area (Å²) >= 11 is 5.96. The maximum atomic E-state index is 8.95. The van der Waals surface area contributed by atoms with Crippen LogP contribution in [0.15, 0.2) is 59.8 Å². The smallest absolute Gasteiger partial charge is 0.0988 e. The summed E-state index contributed by atoms with van der Waals surface area (Å²) in [5, 5.41) is 9.59. The summed E-state index contributed by atoms with van der Waals surface area (Å²) in [5.74, 6) is 0. The molecule has 0 amide bonds. The van der Waals surface area contributed by atoms with Gasteiger partial charge in [-0.25, -0.2) is 0 Å². The predicted molar refractivity (Wildman–Crippen MR) is 77.5 cm³/mol. The van der Waals surface area contributed by atoms with E-state index in [0.717, 1.165) is 11.1 Å². The van der Waals surface area contributed by atoms with E-state index in [0.29, 0.717) is 10.6 Å². The summed E-state index contributed by atoms with van der Waals surface area (Å²) in [4.78, 5) is 3.99. The Labute approximate surface area is 112 Å². The molecule has 0 fully saturated rings. The van der Waals surface area contributed by atoms with Crippen molar-refractivity contribution in [1.82, 2.24) is 0 Å². The van der Waals surface area contributed by atoms with Gasteiger partial charge in [0.15, 0.2) is 0 Å². The summed E-state index contributed by atoms with van der Waals surface area (Å²) in [6, 6.07) is 9.50. The topological polar surface area (TPSA) is 36.1 Å². The van der Waals surface area contributed by atoms with E-state index in [1.54, 1.807) is 24.4 Å². The van der Waals surface area contributed by atoms with Crippen molar-refractivity contribution in [3.63, 3.8) is 0 Å². The highest BCUT2D eigenvalue weighted by Gasteiger charge is 2.01. The molecule has 0 atom stereocenters. The first-order valence-corrected chi connectivity index (χ1v) is 5.77. The van der Waals surface area contributed by atoms with Gasteiger partial charge in [-0.1, -0.05) is 36.4 Å². The van der Waals surface area contributed by atoms with Gasteiger partial charge in [0.1, 0.15) is 0 Å². The van der Waals surface area contributed by atoms with Gasteiger partial charge in [-0.15, -0.1) is 0 Å². The van der Waals surface area contributed by atoms with Crippen molar-refractivity contribution in [3.8, 4) is 6.07 Å². The molecule has 0 heterocycles. The summed E-state index contributed by atoms with van der Waals surface area (Å²) in [6.07, 6.45) is 6.60. The van der Waals surface area contributed by atoms with Crippen LogP contribution < -0.4 is 0 Å². The van der Waals surface area contributed by atoms with Crippen LogP contribution in [0.25, 0.3) is 5.57 Å². The van der Waals surface area contributed by atoms with Gasteiger partial charge >= 0.3 is 0 Å². The van der Waals surface area contributed by atoms with Gasteiger partial charge in [0.05, 0.1) is 6.07 Å². The van der Waals surface area contributed by atoms with E-state index in [2.05, 4.69) is 17.6 Å². The molecular formula is C15H13ClN2. The third kappa shape index (κ3) is 4.04. The quantitative estimate of drug-likeness (QED) is 0.447. The average Bonchev–Trinajstić information content (AvgIpc) is 2.39. The fourth-order valence-corrected chi connectivity index (χ4v) is 1.53. The van der Waals surface area contributed by atoms with Crippen molar-refractivity contribution >= 4 is 23.4 Å². The predicted octanol–water partition coefficient (Wildman–Crippen LogP) is 4.41. The molecule has 2 nitrogen and oxygen atoms in total. The fraction of sp³-hybridized carbons (Fsp3) is 0.0667. The van der Waals surface area contributed by atoms with Crippen LogP contribution in [0.2, 0.25) is 5.02 Å². The van der Waals surface area contributed by atoms with Gasteiger partial charge in [0.2, 0.25) is 0 Å². The second-order valence-corrected chi connectivity index (χ2v) is 3.86. The Hall–Kier alpha value is -2.11. The largest absolute Gasteiger partial charge is 0.265 e. The van der Waals surface area contributed by atoms with Crippen LogP contribution in [0, 0.1) is 11.3 Å². The van der Waals surface area contributed by atoms with Gasteiger partial charge in [0, 0.05) is 28.6 Å². The number of nitrogens with zero attached hydrogens (tertiary/aromatic N) is 2. The fourth-order valence-electron chi connectivity index (χ4n) is 1.34. The Balaban J connectivity index is 3.26. The molecule has 1 aromatic carbocycles. The molecule has 18 heavy (non-hydrogen) atoms. The monoisotopic (exact) mass is 256 g/mol. The number of hydrogen-bond acceptors (Lipinski definition) is 2. The molecule has 0 saturated carbocycles. The van der Waals surface area contributed by atoms with Crippen LogP contribution in [0.4, 0.5) is 0 Å². The van der Waals surface area contributed by atoms with E-state index in [4.69, 9.17) is 16.9 Å². The van der Waals surface area contributed by atoms with E-state index >= 15 is 0 Å². The van der Waals surface area contributed by atoms with Crippen molar-refractivity contribution < 1.29 is 0 Å². The van der Waals surface area contributed by atoms with Crippen molar-refractivity contribution in [2.45, 2.75) is 6.92 Å². The molecule has 1 rings (SSSR count). The minimum absolute atomic E-state index is 0.570. The molecule has 90 valence electrons. The molecule has 0 aromatic heterocycles. The molecule has 0 N–H and O–H groups in total. The van der Waals surface area contributed by atoms with Crippen molar-refractivity contribution in [2.75, 3.05) is 0 Å². The van der Waals surface area contributed by atoms with Gasteiger partial charge in [0.25, 0.3) is 0 Å².